The highest BCUT2D eigenvalue weighted by atomic mass is 16.5. The van der Waals surface area contributed by atoms with Gasteiger partial charge in [-0.1, -0.05) is 0 Å². The predicted molar refractivity (Wildman–Crippen MR) is 71.8 cm³/mol. The molecule has 1 saturated heterocycles. The lowest BCUT2D eigenvalue weighted by atomic mass is 10.1. The number of nitrogens with zero attached hydrogens (tertiary/aromatic N) is 3. The first-order valence-electron chi connectivity index (χ1n) is 6.62. The van der Waals surface area contributed by atoms with Gasteiger partial charge in [0.05, 0.1) is 6.10 Å². The fraction of sp³-hybridized carbons (Fsp3) is 0.692. The topological polar surface area (TPSA) is 64.3 Å². The van der Waals surface area contributed by atoms with Gasteiger partial charge < -0.3 is 15.4 Å². The molecule has 0 radical (unpaired) electrons. The van der Waals surface area contributed by atoms with Crippen LogP contribution >= 0.6 is 0 Å². The molecule has 100 valence electrons. The molecule has 1 unspecified atom stereocenters. The van der Waals surface area contributed by atoms with Gasteiger partial charge in [0.2, 0.25) is 5.88 Å². The van der Waals surface area contributed by atoms with Crippen molar-refractivity contribution in [1.82, 2.24) is 9.97 Å². The van der Waals surface area contributed by atoms with Gasteiger partial charge in [-0.3, -0.25) is 0 Å². The van der Waals surface area contributed by atoms with Crippen LogP contribution in [0.1, 0.15) is 26.7 Å². The van der Waals surface area contributed by atoms with Crippen LogP contribution in [0.3, 0.4) is 0 Å². The van der Waals surface area contributed by atoms with Gasteiger partial charge in [0, 0.05) is 19.2 Å². The molecule has 5 heteroatoms. The normalized spacial score (nSPS) is 19.6. The molecule has 1 atom stereocenters. The Balaban J connectivity index is 2.01. The van der Waals surface area contributed by atoms with Crippen molar-refractivity contribution in [2.45, 2.75) is 32.8 Å². The van der Waals surface area contributed by atoms with Crippen LogP contribution in [0.4, 0.5) is 5.82 Å². The second kappa shape index (κ2) is 6.00. The molecule has 0 aliphatic carbocycles. The van der Waals surface area contributed by atoms with Gasteiger partial charge >= 0.3 is 0 Å². The van der Waals surface area contributed by atoms with Crippen molar-refractivity contribution >= 4 is 5.82 Å². The summed E-state index contributed by atoms with van der Waals surface area (Å²) in [5, 5.41) is 0. The number of ether oxygens (including phenoxy) is 1. The van der Waals surface area contributed by atoms with Gasteiger partial charge in [-0.15, -0.1) is 0 Å². The molecule has 0 amide bonds. The van der Waals surface area contributed by atoms with Crippen molar-refractivity contribution in [3.8, 4) is 5.88 Å². The Labute approximate surface area is 108 Å². The van der Waals surface area contributed by atoms with Gasteiger partial charge in [0.25, 0.3) is 0 Å². The van der Waals surface area contributed by atoms with E-state index < -0.39 is 0 Å². The maximum Gasteiger partial charge on any atom is 0.218 e. The first kappa shape index (κ1) is 13.1. The summed E-state index contributed by atoms with van der Waals surface area (Å²) >= 11 is 0. The Bertz CT molecular complexity index is 383. The zero-order chi connectivity index (χ0) is 13.0. The van der Waals surface area contributed by atoms with Crippen LogP contribution in [-0.4, -0.2) is 35.7 Å². The summed E-state index contributed by atoms with van der Waals surface area (Å²) in [5.74, 6) is 2.30. The zero-order valence-electron chi connectivity index (χ0n) is 11.2. The lowest BCUT2D eigenvalue weighted by molar-refractivity contribution is 0.232. The number of nitrogens with two attached hydrogens (primary N) is 1. The van der Waals surface area contributed by atoms with Gasteiger partial charge in [0.15, 0.2) is 0 Å². The average Bonchev–Trinajstić information content (AvgIpc) is 2.78. The van der Waals surface area contributed by atoms with Crippen LogP contribution in [0.15, 0.2) is 12.4 Å². The van der Waals surface area contributed by atoms with E-state index in [1.165, 1.54) is 6.42 Å². The minimum Gasteiger partial charge on any atom is -0.475 e. The summed E-state index contributed by atoms with van der Waals surface area (Å²) < 4.78 is 5.59. The number of hydrogen-bond donors (Lipinski definition) is 1. The third-order valence-electron chi connectivity index (χ3n) is 3.17. The van der Waals surface area contributed by atoms with E-state index in [1.807, 2.05) is 19.9 Å². The number of rotatable bonds is 5. The van der Waals surface area contributed by atoms with Crippen LogP contribution in [-0.2, 0) is 0 Å². The summed E-state index contributed by atoms with van der Waals surface area (Å²) in [6.07, 6.45) is 4.00. The predicted octanol–water partition coefficient (Wildman–Crippen LogP) is 1.44. The van der Waals surface area contributed by atoms with E-state index in [0.717, 1.165) is 31.9 Å². The fourth-order valence-electron chi connectivity index (χ4n) is 2.32. The highest BCUT2D eigenvalue weighted by Crippen LogP contribution is 2.25. The fourth-order valence-corrected chi connectivity index (χ4v) is 2.32. The van der Waals surface area contributed by atoms with Gasteiger partial charge in [-0.2, -0.15) is 0 Å². The van der Waals surface area contributed by atoms with Gasteiger partial charge in [-0.25, -0.2) is 9.97 Å². The third kappa shape index (κ3) is 3.32. The minimum absolute atomic E-state index is 0.135. The van der Waals surface area contributed by atoms with E-state index >= 15 is 0 Å². The second-order valence-corrected chi connectivity index (χ2v) is 5.06. The van der Waals surface area contributed by atoms with Crippen LogP contribution < -0.4 is 15.4 Å². The highest BCUT2D eigenvalue weighted by molar-refractivity contribution is 5.41. The largest absolute Gasteiger partial charge is 0.475 e. The zero-order valence-corrected chi connectivity index (χ0v) is 11.2. The Morgan fingerprint density at radius 1 is 1.50 bits per heavy atom. The quantitative estimate of drug-likeness (QED) is 0.856. The molecule has 1 fully saturated rings. The van der Waals surface area contributed by atoms with E-state index in [1.54, 1.807) is 6.33 Å². The maximum absolute atomic E-state index is 5.61. The molecule has 0 spiro atoms. The third-order valence-corrected chi connectivity index (χ3v) is 3.17. The lowest BCUT2D eigenvalue weighted by Gasteiger charge is -2.18. The molecule has 1 aliphatic heterocycles. The molecule has 1 aliphatic rings. The number of aromatic nitrogens is 2. The molecule has 0 saturated carbocycles. The summed E-state index contributed by atoms with van der Waals surface area (Å²) in [7, 11) is 0. The summed E-state index contributed by atoms with van der Waals surface area (Å²) in [6.45, 7) is 6.84. The van der Waals surface area contributed by atoms with Crippen molar-refractivity contribution in [1.29, 1.82) is 0 Å². The SMILES string of the molecule is CC(C)Oc1cc(N2CCC(CCN)C2)ncn1. The molecule has 5 nitrogen and oxygen atoms in total. The monoisotopic (exact) mass is 250 g/mol. The van der Waals surface area contributed by atoms with Crippen LogP contribution in [0, 0.1) is 5.92 Å². The molecule has 0 bridgehead atoms. The van der Waals surface area contributed by atoms with Gasteiger partial charge in [-0.05, 0) is 39.2 Å². The first-order valence-corrected chi connectivity index (χ1v) is 6.62. The highest BCUT2D eigenvalue weighted by Gasteiger charge is 2.23. The first-order chi connectivity index (χ1) is 8.69. The van der Waals surface area contributed by atoms with Crippen LogP contribution in [0.2, 0.25) is 0 Å². The van der Waals surface area contributed by atoms with Crippen LogP contribution in [0.5, 0.6) is 5.88 Å². The van der Waals surface area contributed by atoms with Crippen LogP contribution in [0.25, 0.3) is 0 Å². The molecule has 2 rings (SSSR count). The summed E-state index contributed by atoms with van der Waals surface area (Å²) in [4.78, 5) is 10.7. The average molecular weight is 250 g/mol. The van der Waals surface area contributed by atoms with E-state index in [9.17, 15) is 0 Å². The molecule has 1 aromatic heterocycles. The Kier molecular flexibility index (Phi) is 4.36. The molecule has 2 heterocycles. The molecule has 2 N–H and O–H groups in total. The number of hydrogen-bond acceptors (Lipinski definition) is 5. The minimum atomic E-state index is 0.135. The van der Waals surface area contributed by atoms with E-state index in [-0.39, 0.29) is 6.10 Å². The van der Waals surface area contributed by atoms with Crippen molar-refractivity contribution in [2.75, 3.05) is 24.5 Å². The Morgan fingerprint density at radius 3 is 3.06 bits per heavy atom. The molecule has 18 heavy (non-hydrogen) atoms. The summed E-state index contributed by atoms with van der Waals surface area (Å²) in [6, 6.07) is 1.92. The Hall–Kier alpha value is -1.36. The standard InChI is InChI=1S/C13H22N4O/c1-10(2)18-13-7-12(15-9-16-13)17-6-4-11(8-17)3-5-14/h7,9-11H,3-6,8,14H2,1-2H3. The van der Waals surface area contributed by atoms with Crippen molar-refractivity contribution in [2.24, 2.45) is 11.7 Å². The molecule has 0 aromatic carbocycles. The van der Waals surface area contributed by atoms with Gasteiger partial charge in [0.1, 0.15) is 12.1 Å². The number of anilines is 1. The molecular formula is C13H22N4O. The smallest absolute Gasteiger partial charge is 0.218 e. The van der Waals surface area contributed by atoms with E-state index in [2.05, 4.69) is 14.9 Å². The molecular weight excluding hydrogens is 228 g/mol. The summed E-state index contributed by atoms with van der Waals surface area (Å²) in [5.41, 5.74) is 5.61. The molecule has 1 aromatic rings. The second-order valence-electron chi connectivity index (χ2n) is 5.06. The van der Waals surface area contributed by atoms with Crippen molar-refractivity contribution in [3.63, 3.8) is 0 Å². The van der Waals surface area contributed by atoms with E-state index in [4.69, 9.17) is 10.5 Å². The van der Waals surface area contributed by atoms with Crippen molar-refractivity contribution in [3.05, 3.63) is 12.4 Å². The maximum atomic E-state index is 5.61. The van der Waals surface area contributed by atoms with E-state index in [0.29, 0.717) is 11.8 Å². The Morgan fingerprint density at radius 2 is 2.33 bits per heavy atom. The lowest BCUT2D eigenvalue weighted by Crippen LogP contribution is -2.22. The van der Waals surface area contributed by atoms with Crippen molar-refractivity contribution < 1.29 is 4.74 Å².